The first-order chi connectivity index (χ1) is 14.0. The summed E-state index contributed by atoms with van der Waals surface area (Å²) in [6.45, 7) is 0.850. The smallest absolute Gasteiger partial charge is 0.333 e. The van der Waals surface area contributed by atoms with Crippen molar-refractivity contribution in [3.05, 3.63) is 51.1 Å². The van der Waals surface area contributed by atoms with Gasteiger partial charge < -0.3 is 19.5 Å². The molecule has 0 aliphatic carbocycles. The topological polar surface area (TPSA) is 101 Å². The predicted molar refractivity (Wildman–Crippen MR) is 99.8 cm³/mol. The summed E-state index contributed by atoms with van der Waals surface area (Å²) in [7, 11) is 0. The van der Waals surface area contributed by atoms with Gasteiger partial charge in [0.2, 0.25) is 11.7 Å². The van der Waals surface area contributed by atoms with Crippen LogP contribution in [0.15, 0.2) is 34.0 Å². The number of ether oxygens (including phenoxy) is 3. The lowest BCUT2D eigenvalue weighted by molar-refractivity contribution is -0.116. The Labute approximate surface area is 164 Å². The average Bonchev–Trinajstić information content (AvgIpc) is 3.13. The van der Waals surface area contributed by atoms with Gasteiger partial charge in [-0.2, -0.15) is 4.39 Å². The molecule has 1 N–H and O–H groups in total. The number of amides is 1. The van der Waals surface area contributed by atoms with Gasteiger partial charge in [0.25, 0.3) is 5.56 Å². The van der Waals surface area contributed by atoms with Crippen molar-refractivity contribution in [2.75, 3.05) is 25.1 Å². The molecule has 0 unspecified atom stereocenters. The zero-order chi connectivity index (χ0) is 20.4. The first-order valence-corrected chi connectivity index (χ1v) is 9.35. The second-order valence-corrected chi connectivity index (χ2v) is 6.79. The van der Waals surface area contributed by atoms with Crippen LogP contribution in [0.5, 0.6) is 11.5 Å². The van der Waals surface area contributed by atoms with Crippen molar-refractivity contribution in [1.82, 2.24) is 9.13 Å². The first kappa shape index (κ1) is 19.2. The number of rotatable bonds is 4. The Morgan fingerprint density at radius 2 is 1.93 bits per heavy atom. The molecule has 3 heterocycles. The van der Waals surface area contributed by atoms with E-state index in [-0.39, 0.29) is 0 Å². The number of aromatic nitrogens is 2. The Morgan fingerprint density at radius 1 is 1.14 bits per heavy atom. The fourth-order valence-electron chi connectivity index (χ4n) is 3.30. The average molecular weight is 405 g/mol. The summed E-state index contributed by atoms with van der Waals surface area (Å²) in [5.74, 6) is -0.711. The SMILES string of the molecule is O=C(Cn1c(=O)c(F)cn([C@H]2CCCO2)c1=O)Nc1ccc2c(c1)OCCCO2. The van der Waals surface area contributed by atoms with Crippen LogP contribution in [0.25, 0.3) is 0 Å². The minimum atomic E-state index is -1.15. The number of halogens is 1. The number of nitrogens with one attached hydrogen (secondary N) is 1. The summed E-state index contributed by atoms with van der Waals surface area (Å²) in [5.41, 5.74) is -1.54. The number of anilines is 1. The van der Waals surface area contributed by atoms with E-state index in [0.29, 0.717) is 48.0 Å². The number of fused-ring (bicyclic) bond motifs is 1. The molecule has 0 saturated carbocycles. The molecule has 1 aromatic heterocycles. The molecule has 154 valence electrons. The number of nitrogens with zero attached hydrogens (tertiary/aromatic N) is 2. The molecule has 1 saturated heterocycles. The van der Waals surface area contributed by atoms with Crippen molar-refractivity contribution in [3.63, 3.8) is 0 Å². The number of hydrogen-bond donors (Lipinski definition) is 1. The molecule has 2 aliphatic heterocycles. The van der Waals surface area contributed by atoms with E-state index in [2.05, 4.69) is 5.32 Å². The first-order valence-electron chi connectivity index (χ1n) is 9.35. The number of benzene rings is 1. The Bertz CT molecular complexity index is 1040. The van der Waals surface area contributed by atoms with Crippen molar-refractivity contribution in [2.45, 2.75) is 32.0 Å². The van der Waals surface area contributed by atoms with Crippen molar-refractivity contribution in [2.24, 2.45) is 0 Å². The highest BCUT2D eigenvalue weighted by Crippen LogP contribution is 2.32. The molecular weight excluding hydrogens is 385 g/mol. The molecule has 0 bridgehead atoms. The van der Waals surface area contributed by atoms with Crippen LogP contribution in [0, 0.1) is 5.82 Å². The summed E-state index contributed by atoms with van der Waals surface area (Å²) in [6.07, 6.45) is 2.19. The summed E-state index contributed by atoms with van der Waals surface area (Å²) >= 11 is 0. The molecule has 9 nitrogen and oxygen atoms in total. The fraction of sp³-hybridized carbons (Fsp3) is 0.421. The Balaban J connectivity index is 1.55. The number of carbonyl (C=O) groups is 1. The molecule has 0 radical (unpaired) electrons. The standard InChI is InChI=1S/C19H20FN3O6/c20-13-10-22(17-3-1-6-29-17)19(26)23(18(13)25)11-16(24)21-12-4-5-14-15(9-12)28-8-2-7-27-14/h4-5,9-10,17H,1-3,6-8,11H2,(H,21,24)/t17-/m1/s1. The van der Waals surface area contributed by atoms with Crippen LogP contribution in [-0.4, -0.2) is 34.9 Å². The van der Waals surface area contributed by atoms with Gasteiger partial charge in [-0.1, -0.05) is 0 Å². The van der Waals surface area contributed by atoms with E-state index in [0.717, 1.165) is 23.6 Å². The van der Waals surface area contributed by atoms with E-state index in [1.54, 1.807) is 18.2 Å². The zero-order valence-electron chi connectivity index (χ0n) is 15.6. The van der Waals surface area contributed by atoms with Crippen molar-refractivity contribution >= 4 is 11.6 Å². The summed E-state index contributed by atoms with van der Waals surface area (Å²) < 4.78 is 32.1. The predicted octanol–water partition coefficient (Wildman–Crippen LogP) is 1.26. The van der Waals surface area contributed by atoms with Crippen LogP contribution in [-0.2, 0) is 16.1 Å². The second kappa shape index (κ2) is 8.08. The third-order valence-corrected chi connectivity index (χ3v) is 4.70. The van der Waals surface area contributed by atoms with Crippen LogP contribution in [0.3, 0.4) is 0 Å². The van der Waals surface area contributed by atoms with E-state index in [4.69, 9.17) is 14.2 Å². The van der Waals surface area contributed by atoms with Crippen LogP contribution in [0.1, 0.15) is 25.5 Å². The third-order valence-electron chi connectivity index (χ3n) is 4.70. The monoisotopic (exact) mass is 405 g/mol. The molecular formula is C19H20FN3O6. The van der Waals surface area contributed by atoms with Crippen LogP contribution >= 0.6 is 0 Å². The van der Waals surface area contributed by atoms with E-state index < -0.39 is 35.7 Å². The lowest BCUT2D eigenvalue weighted by Crippen LogP contribution is -2.44. The Kier molecular flexibility index (Phi) is 5.34. The van der Waals surface area contributed by atoms with E-state index >= 15 is 0 Å². The second-order valence-electron chi connectivity index (χ2n) is 6.79. The van der Waals surface area contributed by atoms with Gasteiger partial charge in [0, 0.05) is 24.8 Å². The van der Waals surface area contributed by atoms with Gasteiger partial charge in [-0.25, -0.2) is 9.36 Å². The van der Waals surface area contributed by atoms with E-state index in [1.165, 1.54) is 0 Å². The van der Waals surface area contributed by atoms with Gasteiger partial charge in [-0.3, -0.25) is 14.2 Å². The maximum Gasteiger partial charge on any atom is 0.333 e. The molecule has 1 fully saturated rings. The summed E-state index contributed by atoms with van der Waals surface area (Å²) in [6, 6.07) is 4.87. The van der Waals surface area contributed by atoms with E-state index in [1.807, 2.05) is 0 Å². The number of carbonyl (C=O) groups excluding carboxylic acids is 1. The summed E-state index contributed by atoms with van der Waals surface area (Å²) in [4.78, 5) is 37.1. The molecule has 1 atom stereocenters. The quantitative estimate of drug-likeness (QED) is 0.822. The highest BCUT2D eigenvalue weighted by molar-refractivity contribution is 5.90. The molecule has 2 aliphatic rings. The molecule has 1 amide bonds. The van der Waals surface area contributed by atoms with Crippen molar-refractivity contribution in [3.8, 4) is 11.5 Å². The lowest BCUT2D eigenvalue weighted by atomic mass is 10.2. The molecule has 1 aromatic carbocycles. The van der Waals surface area contributed by atoms with Crippen LogP contribution < -0.4 is 26.0 Å². The Morgan fingerprint density at radius 3 is 2.69 bits per heavy atom. The molecule has 2 aromatic rings. The molecule has 10 heteroatoms. The van der Waals surface area contributed by atoms with Gasteiger partial charge in [0.1, 0.15) is 12.8 Å². The van der Waals surface area contributed by atoms with Gasteiger partial charge in [-0.05, 0) is 25.0 Å². The van der Waals surface area contributed by atoms with Gasteiger partial charge in [-0.15, -0.1) is 0 Å². The molecule has 29 heavy (non-hydrogen) atoms. The minimum Gasteiger partial charge on any atom is -0.490 e. The van der Waals surface area contributed by atoms with Crippen LogP contribution in [0.2, 0.25) is 0 Å². The Hall–Kier alpha value is -3.14. The fourth-order valence-corrected chi connectivity index (χ4v) is 3.30. The normalized spacial score (nSPS) is 18.3. The van der Waals surface area contributed by atoms with Crippen molar-refractivity contribution in [1.29, 1.82) is 0 Å². The summed E-state index contributed by atoms with van der Waals surface area (Å²) in [5, 5.41) is 2.59. The largest absolute Gasteiger partial charge is 0.490 e. The van der Waals surface area contributed by atoms with Crippen LogP contribution in [0.4, 0.5) is 10.1 Å². The highest BCUT2D eigenvalue weighted by Gasteiger charge is 2.23. The molecule has 0 spiro atoms. The minimum absolute atomic E-state index is 0.406. The number of hydrogen-bond acceptors (Lipinski definition) is 6. The van der Waals surface area contributed by atoms with E-state index in [9.17, 15) is 18.8 Å². The van der Waals surface area contributed by atoms with Gasteiger partial charge in [0.05, 0.1) is 19.4 Å². The van der Waals surface area contributed by atoms with Gasteiger partial charge >= 0.3 is 5.69 Å². The molecule has 4 rings (SSSR count). The zero-order valence-corrected chi connectivity index (χ0v) is 15.6. The highest BCUT2D eigenvalue weighted by atomic mass is 19.1. The third kappa shape index (κ3) is 4.02. The lowest BCUT2D eigenvalue weighted by Gasteiger charge is -2.15. The van der Waals surface area contributed by atoms with Gasteiger partial charge in [0.15, 0.2) is 11.5 Å². The maximum atomic E-state index is 14.1. The van der Waals surface area contributed by atoms with Crippen molar-refractivity contribution < 1.29 is 23.4 Å². The maximum absolute atomic E-state index is 14.1.